The second kappa shape index (κ2) is 7.90. The third kappa shape index (κ3) is 5.28. The molecule has 0 saturated heterocycles. The van der Waals surface area contributed by atoms with Gasteiger partial charge in [-0.15, -0.1) is 0 Å². The van der Waals surface area contributed by atoms with Gasteiger partial charge in [0.25, 0.3) is 0 Å². The van der Waals surface area contributed by atoms with Crippen molar-refractivity contribution in [3.05, 3.63) is 34.9 Å². The maximum absolute atomic E-state index is 12.6. The molecule has 0 bridgehead atoms. The lowest BCUT2D eigenvalue weighted by molar-refractivity contribution is -0.141. The van der Waals surface area contributed by atoms with Gasteiger partial charge in [-0.1, -0.05) is 23.8 Å². The first-order chi connectivity index (χ1) is 9.85. The van der Waals surface area contributed by atoms with Crippen LogP contribution in [0.4, 0.5) is 0 Å². The van der Waals surface area contributed by atoms with Crippen molar-refractivity contribution in [2.24, 2.45) is 0 Å². The Balaban J connectivity index is 2.94. The Kier molecular flexibility index (Phi) is 6.52. The fourth-order valence-corrected chi connectivity index (χ4v) is 2.10. The third-order valence-corrected chi connectivity index (χ3v) is 3.22. The molecule has 2 N–H and O–H groups in total. The fourth-order valence-electron chi connectivity index (χ4n) is 2.10. The summed E-state index contributed by atoms with van der Waals surface area (Å²) in [6, 6.07) is 4.86. The Bertz CT molecular complexity index is 511. The molecule has 0 saturated carbocycles. The van der Waals surface area contributed by atoms with E-state index in [1.54, 1.807) is 13.0 Å². The minimum Gasteiger partial charge on any atom is -0.469 e. The smallest absolute Gasteiger partial charge is 0.307 e. The molecule has 0 fully saturated rings. The first kappa shape index (κ1) is 17.3. The number of hydrogen-bond donors (Lipinski definition) is 2. The molecule has 2 atom stereocenters. The number of rotatable bonds is 7. The van der Waals surface area contributed by atoms with Gasteiger partial charge in [0.15, 0.2) is 5.78 Å². The number of carbonyl (C=O) groups is 2. The highest BCUT2D eigenvalue weighted by molar-refractivity contribution is 6.02. The molecule has 1 rings (SSSR count). The Labute approximate surface area is 125 Å². The summed E-state index contributed by atoms with van der Waals surface area (Å²) in [4.78, 5) is 24.1. The standard InChI is InChI=1S/C16H23NO4/c1-10-5-6-13(11(2)7-10)16(20)14(8-15(19)21-4)17-9-12(3)18/h5-7,12,14,17-18H,8-9H2,1-4H3. The number of esters is 1. The van der Waals surface area contributed by atoms with Crippen molar-refractivity contribution in [2.75, 3.05) is 13.7 Å². The van der Waals surface area contributed by atoms with E-state index in [9.17, 15) is 14.7 Å². The van der Waals surface area contributed by atoms with Crippen LogP contribution in [0, 0.1) is 13.8 Å². The lowest BCUT2D eigenvalue weighted by Crippen LogP contribution is -2.42. The zero-order chi connectivity index (χ0) is 16.0. The van der Waals surface area contributed by atoms with E-state index in [4.69, 9.17) is 0 Å². The number of Topliss-reactive ketones (excluding diaryl/α,β-unsaturated/α-hetero) is 1. The Morgan fingerprint density at radius 2 is 2.00 bits per heavy atom. The Morgan fingerprint density at radius 1 is 1.33 bits per heavy atom. The van der Waals surface area contributed by atoms with Gasteiger partial charge >= 0.3 is 5.97 Å². The second-order valence-corrected chi connectivity index (χ2v) is 5.27. The van der Waals surface area contributed by atoms with Crippen LogP contribution in [0.15, 0.2) is 18.2 Å². The molecule has 0 radical (unpaired) electrons. The molecule has 116 valence electrons. The number of benzene rings is 1. The summed E-state index contributed by atoms with van der Waals surface area (Å²) in [6.45, 7) is 5.67. The van der Waals surface area contributed by atoms with Gasteiger partial charge in [0.1, 0.15) is 0 Å². The van der Waals surface area contributed by atoms with E-state index in [1.165, 1.54) is 7.11 Å². The van der Waals surface area contributed by atoms with Crippen LogP contribution in [-0.2, 0) is 9.53 Å². The molecule has 1 aromatic rings. The highest BCUT2D eigenvalue weighted by atomic mass is 16.5. The first-order valence-corrected chi connectivity index (χ1v) is 6.95. The number of nitrogens with one attached hydrogen (secondary N) is 1. The molecular formula is C16H23NO4. The van der Waals surface area contributed by atoms with Crippen molar-refractivity contribution >= 4 is 11.8 Å². The summed E-state index contributed by atoms with van der Waals surface area (Å²) in [6.07, 6.45) is -0.660. The minimum absolute atomic E-state index is 0.0601. The largest absolute Gasteiger partial charge is 0.469 e. The van der Waals surface area contributed by atoms with Crippen molar-refractivity contribution in [1.82, 2.24) is 5.32 Å². The predicted octanol–water partition coefficient (Wildman–Crippen LogP) is 1.39. The number of ketones is 1. The summed E-state index contributed by atoms with van der Waals surface area (Å²) in [5, 5.41) is 12.3. The van der Waals surface area contributed by atoms with E-state index >= 15 is 0 Å². The average Bonchev–Trinajstić information content (AvgIpc) is 2.42. The van der Waals surface area contributed by atoms with Crippen molar-refractivity contribution in [3.63, 3.8) is 0 Å². The van der Waals surface area contributed by atoms with Gasteiger partial charge in [-0.25, -0.2) is 0 Å². The normalized spacial score (nSPS) is 13.6. The van der Waals surface area contributed by atoms with Crippen LogP contribution in [0.25, 0.3) is 0 Å². The molecule has 5 heteroatoms. The third-order valence-electron chi connectivity index (χ3n) is 3.22. The first-order valence-electron chi connectivity index (χ1n) is 6.95. The Morgan fingerprint density at radius 3 is 2.52 bits per heavy atom. The lowest BCUT2D eigenvalue weighted by atomic mass is 9.96. The summed E-state index contributed by atoms with van der Waals surface area (Å²) in [5.74, 6) is -0.630. The molecule has 0 aromatic heterocycles. The van der Waals surface area contributed by atoms with Gasteiger partial charge in [0, 0.05) is 12.1 Å². The van der Waals surface area contributed by atoms with Crippen LogP contribution >= 0.6 is 0 Å². The van der Waals surface area contributed by atoms with Gasteiger partial charge in [-0.05, 0) is 26.3 Å². The second-order valence-electron chi connectivity index (χ2n) is 5.27. The van der Waals surface area contributed by atoms with Crippen LogP contribution in [0.2, 0.25) is 0 Å². The molecule has 0 aliphatic rings. The average molecular weight is 293 g/mol. The zero-order valence-electron chi connectivity index (χ0n) is 13.0. The van der Waals surface area contributed by atoms with E-state index in [0.717, 1.165) is 11.1 Å². The van der Waals surface area contributed by atoms with Gasteiger partial charge in [-0.3, -0.25) is 9.59 Å². The summed E-state index contributed by atoms with van der Waals surface area (Å²) >= 11 is 0. The minimum atomic E-state index is -0.701. The molecule has 2 unspecified atom stereocenters. The van der Waals surface area contributed by atoms with Crippen LogP contribution < -0.4 is 5.32 Å². The maximum Gasteiger partial charge on any atom is 0.307 e. The molecule has 1 aromatic carbocycles. The summed E-state index contributed by atoms with van der Waals surface area (Å²) < 4.78 is 4.63. The van der Waals surface area contributed by atoms with Crippen LogP contribution in [0.1, 0.15) is 34.8 Å². The van der Waals surface area contributed by atoms with E-state index in [1.807, 2.05) is 26.0 Å². The van der Waals surface area contributed by atoms with Gasteiger partial charge in [0.05, 0.1) is 25.7 Å². The highest BCUT2D eigenvalue weighted by Gasteiger charge is 2.24. The SMILES string of the molecule is COC(=O)CC(NCC(C)O)C(=O)c1ccc(C)cc1C. The van der Waals surface area contributed by atoms with Crippen molar-refractivity contribution < 1.29 is 19.4 Å². The number of methoxy groups -OCH3 is 1. The van der Waals surface area contributed by atoms with Gasteiger partial charge in [-0.2, -0.15) is 0 Å². The zero-order valence-corrected chi connectivity index (χ0v) is 13.0. The summed E-state index contributed by atoms with van der Waals surface area (Å²) in [7, 11) is 1.29. The van der Waals surface area contributed by atoms with E-state index in [0.29, 0.717) is 5.56 Å². The quantitative estimate of drug-likeness (QED) is 0.587. The highest BCUT2D eigenvalue weighted by Crippen LogP contribution is 2.14. The molecule has 0 spiro atoms. The van der Waals surface area contributed by atoms with Gasteiger partial charge < -0.3 is 15.2 Å². The van der Waals surface area contributed by atoms with Gasteiger partial charge in [0.2, 0.25) is 0 Å². The molecule has 0 amide bonds. The number of aryl methyl sites for hydroxylation is 2. The van der Waals surface area contributed by atoms with Crippen molar-refractivity contribution in [3.8, 4) is 0 Å². The van der Waals surface area contributed by atoms with Crippen molar-refractivity contribution in [2.45, 2.75) is 39.3 Å². The van der Waals surface area contributed by atoms with Crippen LogP contribution in [0.5, 0.6) is 0 Å². The van der Waals surface area contributed by atoms with E-state index < -0.39 is 18.1 Å². The van der Waals surface area contributed by atoms with E-state index in [2.05, 4.69) is 10.1 Å². The number of carbonyl (C=O) groups excluding carboxylic acids is 2. The predicted molar refractivity (Wildman–Crippen MR) is 80.4 cm³/mol. The number of hydrogen-bond acceptors (Lipinski definition) is 5. The summed E-state index contributed by atoms with van der Waals surface area (Å²) in [5.41, 5.74) is 2.52. The van der Waals surface area contributed by atoms with Crippen molar-refractivity contribution in [1.29, 1.82) is 0 Å². The lowest BCUT2D eigenvalue weighted by Gasteiger charge is -2.19. The molecular weight excluding hydrogens is 270 g/mol. The van der Waals surface area contributed by atoms with E-state index in [-0.39, 0.29) is 18.7 Å². The molecule has 5 nitrogen and oxygen atoms in total. The maximum atomic E-state index is 12.6. The number of aliphatic hydroxyl groups is 1. The molecule has 0 heterocycles. The van der Waals surface area contributed by atoms with Crippen LogP contribution in [-0.4, -0.2) is 42.7 Å². The number of ether oxygens (including phenoxy) is 1. The molecule has 0 aliphatic carbocycles. The fraction of sp³-hybridized carbons (Fsp3) is 0.500. The molecule has 21 heavy (non-hydrogen) atoms. The Hall–Kier alpha value is -1.72. The number of aliphatic hydroxyl groups excluding tert-OH is 1. The topological polar surface area (TPSA) is 75.6 Å². The van der Waals surface area contributed by atoms with Crippen LogP contribution in [0.3, 0.4) is 0 Å². The monoisotopic (exact) mass is 293 g/mol. The molecule has 0 aliphatic heterocycles.